The molecule has 3 N–H and O–H groups in total. The molecule has 0 fully saturated rings. The maximum atomic E-state index is 14.1. The van der Waals surface area contributed by atoms with E-state index in [0.717, 1.165) is 12.1 Å². The molecule has 106 valence electrons. The van der Waals surface area contributed by atoms with Crippen LogP contribution in [0.15, 0.2) is 30.5 Å². The highest BCUT2D eigenvalue weighted by atomic mass is 19.1. The van der Waals surface area contributed by atoms with Gasteiger partial charge >= 0.3 is 0 Å². The molecule has 0 saturated heterocycles. The summed E-state index contributed by atoms with van der Waals surface area (Å²) in [6.45, 7) is 4.78. The molecule has 0 aliphatic heterocycles. The number of rotatable bonds is 5. The molecular weight excluding hydrogens is 259 g/mol. The zero-order valence-corrected chi connectivity index (χ0v) is 11.4. The van der Waals surface area contributed by atoms with Gasteiger partial charge in [-0.15, -0.1) is 0 Å². The summed E-state index contributed by atoms with van der Waals surface area (Å²) in [7, 11) is 0. The summed E-state index contributed by atoms with van der Waals surface area (Å²) in [4.78, 5) is 11.0. The van der Waals surface area contributed by atoms with Gasteiger partial charge in [-0.2, -0.15) is 5.10 Å². The predicted octanol–water partition coefficient (Wildman–Crippen LogP) is 1.78. The average molecular weight is 276 g/mol. The van der Waals surface area contributed by atoms with E-state index in [1.54, 1.807) is 6.07 Å². The Hall–Kier alpha value is -2.21. The highest BCUT2D eigenvalue weighted by Gasteiger charge is 2.12. The Labute approximate surface area is 116 Å². The molecule has 5 nitrogen and oxygen atoms in total. The Morgan fingerprint density at radius 2 is 2.25 bits per heavy atom. The number of carbonyl (C=O) groups is 1. The van der Waals surface area contributed by atoms with E-state index >= 15 is 0 Å². The fourth-order valence-electron chi connectivity index (χ4n) is 1.99. The summed E-state index contributed by atoms with van der Waals surface area (Å²) < 4.78 is 15.4. The van der Waals surface area contributed by atoms with Crippen molar-refractivity contribution in [2.45, 2.75) is 19.9 Å². The largest absolute Gasteiger partial charge is 0.364 e. The van der Waals surface area contributed by atoms with Crippen molar-refractivity contribution in [2.24, 2.45) is 5.73 Å². The maximum Gasteiger partial charge on any atom is 0.269 e. The SMILES string of the molecule is CCNC(C)c1ccc(-n2ccc(C(N)=O)n2)c(F)c1. The van der Waals surface area contributed by atoms with E-state index < -0.39 is 11.7 Å². The Morgan fingerprint density at radius 1 is 1.50 bits per heavy atom. The second-order valence-electron chi connectivity index (χ2n) is 4.50. The van der Waals surface area contributed by atoms with Gasteiger partial charge in [0.15, 0.2) is 0 Å². The first kappa shape index (κ1) is 14.2. The van der Waals surface area contributed by atoms with E-state index in [-0.39, 0.29) is 17.4 Å². The number of nitrogens with two attached hydrogens (primary N) is 1. The van der Waals surface area contributed by atoms with Gasteiger partial charge in [0.05, 0.1) is 0 Å². The summed E-state index contributed by atoms with van der Waals surface area (Å²) in [6, 6.07) is 6.46. The fourth-order valence-corrected chi connectivity index (χ4v) is 1.99. The van der Waals surface area contributed by atoms with Gasteiger partial charge in [0.25, 0.3) is 5.91 Å². The van der Waals surface area contributed by atoms with Gasteiger partial charge in [0.1, 0.15) is 17.2 Å². The van der Waals surface area contributed by atoms with Crippen LogP contribution in [0.4, 0.5) is 4.39 Å². The van der Waals surface area contributed by atoms with Crippen LogP contribution in [0.2, 0.25) is 0 Å². The van der Waals surface area contributed by atoms with Crippen molar-refractivity contribution in [3.63, 3.8) is 0 Å². The normalized spacial score (nSPS) is 12.3. The van der Waals surface area contributed by atoms with Gasteiger partial charge in [-0.05, 0) is 37.2 Å². The number of aromatic nitrogens is 2. The lowest BCUT2D eigenvalue weighted by atomic mass is 10.1. The molecule has 0 bridgehead atoms. The second-order valence-corrected chi connectivity index (χ2v) is 4.50. The van der Waals surface area contributed by atoms with E-state index in [2.05, 4.69) is 10.4 Å². The van der Waals surface area contributed by atoms with E-state index in [9.17, 15) is 9.18 Å². The van der Waals surface area contributed by atoms with Crippen LogP contribution in [0.1, 0.15) is 35.9 Å². The van der Waals surface area contributed by atoms with Crippen molar-refractivity contribution in [3.8, 4) is 5.69 Å². The van der Waals surface area contributed by atoms with Crippen LogP contribution in [0, 0.1) is 5.82 Å². The Bertz CT molecular complexity index is 623. The van der Waals surface area contributed by atoms with Gasteiger partial charge in [-0.1, -0.05) is 13.0 Å². The van der Waals surface area contributed by atoms with Gasteiger partial charge in [0.2, 0.25) is 0 Å². The van der Waals surface area contributed by atoms with Crippen molar-refractivity contribution in [1.29, 1.82) is 0 Å². The summed E-state index contributed by atoms with van der Waals surface area (Å²) >= 11 is 0. The van der Waals surface area contributed by atoms with Crippen molar-refractivity contribution < 1.29 is 9.18 Å². The highest BCUT2D eigenvalue weighted by molar-refractivity contribution is 5.90. The standard InChI is InChI=1S/C14H17FN4O/c1-3-17-9(2)10-4-5-13(11(15)8-10)19-7-6-12(18-19)14(16)20/h4-9,17H,3H2,1-2H3,(H2,16,20). The number of hydrogen-bond acceptors (Lipinski definition) is 3. The number of nitrogens with zero attached hydrogens (tertiary/aromatic N) is 2. The highest BCUT2D eigenvalue weighted by Crippen LogP contribution is 2.19. The van der Waals surface area contributed by atoms with Crippen molar-refractivity contribution in [2.75, 3.05) is 6.54 Å². The third-order valence-electron chi connectivity index (χ3n) is 3.07. The van der Waals surface area contributed by atoms with Crippen LogP contribution in [-0.2, 0) is 0 Å². The smallest absolute Gasteiger partial charge is 0.269 e. The minimum atomic E-state index is -0.637. The maximum absolute atomic E-state index is 14.1. The third kappa shape index (κ3) is 2.85. The molecule has 1 aromatic carbocycles. The lowest BCUT2D eigenvalue weighted by molar-refractivity contribution is 0.0995. The zero-order chi connectivity index (χ0) is 14.7. The minimum absolute atomic E-state index is 0.0716. The molecule has 6 heteroatoms. The molecule has 0 aliphatic rings. The average Bonchev–Trinajstić information content (AvgIpc) is 2.88. The van der Waals surface area contributed by atoms with Crippen molar-refractivity contribution in [3.05, 3.63) is 47.5 Å². The summed E-state index contributed by atoms with van der Waals surface area (Å²) in [6.07, 6.45) is 1.51. The Morgan fingerprint density at radius 3 is 2.80 bits per heavy atom. The van der Waals surface area contributed by atoms with Crippen molar-refractivity contribution >= 4 is 5.91 Å². The number of hydrogen-bond donors (Lipinski definition) is 2. The van der Waals surface area contributed by atoms with Crippen LogP contribution in [-0.4, -0.2) is 22.2 Å². The number of primary amides is 1. The predicted molar refractivity (Wildman–Crippen MR) is 74.1 cm³/mol. The molecule has 2 aromatic rings. The molecule has 0 radical (unpaired) electrons. The molecule has 1 unspecified atom stereocenters. The second kappa shape index (κ2) is 5.83. The molecule has 1 heterocycles. The summed E-state index contributed by atoms with van der Waals surface area (Å²) in [5.74, 6) is -1.03. The minimum Gasteiger partial charge on any atom is -0.364 e. The summed E-state index contributed by atoms with van der Waals surface area (Å²) in [5.41, 5.74) is 6.37. The zero-order valence-electron chi connectivity index (χ0n) is 11.4. The first-order chi connectivity index (χ1) is 9.52. The lowest BCUT2D eigenvalue weighted by Gasteiger charge is -2.14. The molecule has 1 amide bonds. The molecule has 20 heavy (non-hydrogen) atoms. The molecule has 0 aliphatic carbocycles. The first-order valence-electron chi connectivity index (χ1n) is 6.41. The number of nitrogens with one attached hydrogen (secondary N) is 1. The molecule has 2 rings (SSSR count). The van der Waals surface area contributed by atoms with Crippen LogP contribution in [0.5, 0.6) is 0 Å². The van der Waals surface area contributed by atoms with E-state index in [1.165, 1.54) is 23.0 Å². The van der Waals surface area contributed by atoms with E-state index in [1.807, 2.05) is 19.9 Å². The Kier molecular flexibility index (Phi) is 4.14. The number of benzene rings is 1. The summed E-state index contributed by atoms with van der Waals surface area (Å²) in [5, 5.41) is 7.16. The molecule has 1 aromatic heterocycles. The lowest BCUT2D eigenvalue weighted by Crippen LogP contribution is -2.18. The number of carbonyl (C=O) groups excluding carboxylic acids is 1. The van der Waals surface area contributed by atoms with Crippen LogP contribution in [0.25, 0.3) is 5.69 Å². The van der Waals surface area contributed by atoms with E-state index in [0.29, 0.717) is 0 Å². The molecule has 0 spiro atoms. The number of halogens is 1. The first-order valence-corrected chi connectivity index (χ1v) is 6.41. The van der Waals surface area contributed by atoms with Gasteiger partial charge < -0.3 is 11.1 Å². The van der Waals surface area contributed by atoms with Gasteiger partial charge in [-0.25, -0.2) is 9.07 Å². The molecule has 1 atom stereocenters. The number of amides is 1. The van der Waals surface area contributed by atoms with E-state index in [4.69, 9.17) is 5.73 Å². The van der Waals surface area contributed by atoms with Gasteiger partial charge in [0, 0.05) is 12.2 Å². The van der Waals surface area contributed by atoms with Crippen LogP contribution in [0.3, 0.4) is 0 Å². The van der Waals surface area contributed by atoms with Gasteiger partial charge in [-0.3, -0.25) is 4.79 Å². The van der Waals surface area contributed by atoms with Crippen molar-refractivity contribution in [1.82, 2.24) is 15.1 Å². The quantitative estimate of drug-likeness (QED) is 0.874. The molecular formula is C14H17FN4O. The topological polar surface area (TPSA) is 72.9 Å². The van der Waals surface area contributed by atoms with Crippen LogP contribution >= 0.6 is 0 Å². The molecule has 0 saturated carbocycles. The fraction of sp³-hybridized carbons (Fsp3) is 0.286. The third-order valence-corrected chi connectivity index (χ3v) is 3.07. The monoisotopic (exact) mass is 276 g/mol. The van der Waals surface area contributed by atoms with Crippen LogP contribution < -0.4 is 11.1 Å². The Balaban J connectivity index is 2.31.